The van der Waals surface area contributed by atoms with Gasteiger partial charge in [0.05, 0.1) is 25.4 Å². The summed E-state index contributed by atoms with van der Waals surface area (Å²) in [5.74, 6) is 0. The Bertz CT molecular complexity index is 418. The highest BCUT2D eigenvalue weighted by atomic mass is 16.7. The van der Waals surface area contributed by atoms with Gasteiger partial charge in [0, 0.05) is 31.5 Å². The third-order valence-corrected chi connectivity index (χ3v) is 3.91. The number of aliphatic hydroxyl groups excluding tert-OH is 1. The first-order valence-corrected chi connectivity index (χ1v) is 7.18. The Balaban J connectivity index is 2.08. The van der Waals surface area contributed by atoms with Crippen molar-refractivity contribution < 1.29 is 14.6 Å². The number of aliphatic hydroxyl groups is 1. The van der Waals surface area contributed by atoms with Crippen LogP contribution >= 0.6 is 0 Å². The summed E-state index contributed by atoms with van der Waals surface area (Å²) in [6, 6.07) is 0.371. The zero-order chi connectivity index (χ0) is 14.5. The van der Waals surface area contributed by atoms with Crippen LogP contribution < -0.4 is 5.32 Å². The normalized spacial score (nSPS) is 20.1. The Kier molecular flexibility index (Phi) is 5.54. The number of aromatic nitrogens is 2. The van der Waals surface area contributed by atoms with Gasteiger partial charge in [-0.1, -0.05) is 0 Å². The van der Waals surface area contributed by atoms with Crippen molar-refractivity contribution in [2.45, 2.75) is 51.1 Å². The molecule has 1 aromatic heterocycles. The zero-order valence-corrected chi connectivity index (χ0v) is 12.5. The molecule has 2 rings (SSSR count). The summed E-state index contributed by atoms with van der Waals surface area (Å²) in [5.41, 5.74) is 2.48. The lowest BCUT2D eigenvalue weighted by atomic mass is 9.92. The van der Waals surface area contributed by atoms with Crippen LogP contribution in [0.5, 0.6) is 0 Å². The van der Waals surface area contributed by atoms with Gasteiger partial charge in [-0.05, 0) is 26.2 Å². The smallest absolute Gasteiger partial charge is 0.171 e. The molecule has 0 radical (unpaired) electrons. The molecule has 0 bridgehead atoms. The minimum Gasteiger partial charge on any atom is -0.394 e. The van der Waals surface area contributed by atoms with E-state index in [2.05, 4.69) is 17.3 Å². The van der Waals surface area contributed by atoms with Crippen LogP contribution in [-0.4, -0.2) is 48.0 Å². The van der Waals surface area contributed by atoms with Gasteiger partial charge in [-0.3, -0.25) is 4.68 Å². The number of fused-ring (bicyclic) bond motifs is 1. The van der Waals surface area contributed by atoms with Gasteiger partial charge in [-0.15, -0.1) is 0 Å². The van der Waals surface area contributed by atoms with Crippen LogP contribution in [0.1, 0.15) is 37.1 Å². The zero-order valence-electron chi connectivity index (χ0n) is 12.5. The van der Waals surface area contributed by atoms with Crippen molar-refractivity contribution in [2.24, 2.45) is 0 Å². The predicted molar refractivity (Wildman–Crippen MR) is 75.4 cm³/mol. The van der Waals surface area contributed by atoms with E-state index < -0.39 is 0 Å². The fourth-order valence-corrected chi connectivity index (χ4v) is 2.98. The van der Waals surface area contributed by atoms with Gasteiger partial charge in [0.1, 0.15) is 0 Å². The van der Waals surface area contributed by atoms with Crippen LogP contribution in [-0.2, 0) is 22.4 Å². The molecule has 20 heavy (non-hydrogen) atoms. The molecule has 0 aromatic carbocycles. The first-order valence-electron chi connectivity index (χ1n) is 7.18. The molecule has 6 heteroatoms. The van der Waals surface area contributed by atoms with Gasteiger partial charge in [0.15, 0.2) is 6.29 Å². The largest absolute Gasteiger partial charge is 0.394 e. The molecule has 6 nitrogen and oxygen atoms in total. The molecule has 0 saturated heterocycles. The lowest BCUT2D eigenvalue weighted by Gasteiger charge is -2.30. The van der Waals surface area contributed by atoms with Crippen LogP contribution in [0.3, 0.4) is 0 Å². The molecule has 1 heterocycles. The monoisotopic (exact) mass is 283 g/mol. The highest BCUT2D eigenvalue weighted by molar-refractivity contribution is 5.25. The first kappa shape index (κ1) is 15.4. The summed E-state index contributed by atoms with van der Waals surface area (Å²) in [7, 11) is 3.30. The molecule has 0 spiro atoms. The van der Waals surface area contributed by atoms with Gasteiger partial charge in [-0.2, -0.15) is 5.10 Å². The number of hydrogen-bond acceptors (Lipinski definition) is 5. The average molecular weight is 283 g/mol. The fourth-order valence-electron chi connectivity index (χ4n) is 2.98. The average Bonchev–Trinajstić information content (AvgIpc) is 2.85. The Morgan fingerprint density at radius 1 is 1.50 bits per heavy atom. The van der Waals surface area contributed by atoms with Crippen LogP contribution in [0.4, 0.5) is 0 Å². The van der Waals surface area contributed by atoms with Gasteiger partial charge in [0.2, 0.25) is 0 Å². The van der Waals surface area contributed by atoms with E-state index in [0.29, 0.717) is 6.54 Å². The number of methoxy groups -OCH3 is 2. The summed E-state index contributed by atoms with van der Waals surface area (Å²) >= 11 is 0. The quantitative estimate of drug-likeness (QED) is 0.726. The number of nitrogens with zero attached hydrogens (tertiary/aromatic N) is 2. The van der Waals surface area contributed by atoms with Crippen molar-refractivity contribution in [1.82, 2.24) is 15.1 Å². The van der Waals surface area contributed by atoms with Crippen LogP contribution in [0, 0.1) is 0 Å². The molecule has 0 aliphatic heterocycles. The molecule has 0 saturated carbocycles. The first-order chi connectivity index (χ1) is 9.71. The van der Waals surface area contributed by atoms with Crippen molar-refractivity contribution in [1.29, 1.82) is 0 Å². The van der Waals surface area contributed by atoms with Crippen molar-refractivity contribution in [3.05, 3.63) is 17.5 Å². The SMILES string of the molecule is COC(OC)C(C)NC1CCCc2c1cnn2CCO. The molecule has 1 aliphatic rings. The maximum absolute atomic E-state index is 9.08. The molecule has 0 fully saturated rings. The van der Waals surface area contributed by atoms with Gasteiger partial charge in [0.25, 0.3) is 0 Å². The highest BCUT2D eigenvalue weighted by Gasteiger charge is 2.27. The molecule has 1 aliphatic carbocycles. The second-order valence-electron chi connectivity index (χ2n) is 5.23. The molecule has 1 aromatic rings. The van der Waals surface area contributed by atoms with Crippen LogP contribution in [0.25, 0.3) is 0 Å². The van der Waals surface area contributed by atoms with E-state index in [-0.39, 0.29) is 25.0 Å². The fraction of sp³-hybridized carbons (Fsp3) is 0.786. The Morgan fingerprint density at radius 3 is 2.90 bits per heavy atom. The summed E-state index contributed by atoms with van der Waals surface area (Å²) in [4.78, 5) is 0. The second-order valence-corrected chi connectivity index (χ2v) is 5.23. The molecule has 2 atom stereocenters. The number of ether oxygens (including phenoxy) is 2. The molecule has 2 N–H and O–H groups in total. The second kappa shape index (κ2) is 7.17. The van der Waals surface area contributed by atoms with Gasteiger partial charge in [-0.25, -0.2) is 0 Å². The van der Waals surface area contributed by atoms with Crippen molar-refractivity contribution in [2.75, 3.05) is 20.8 Å². The third kappa shape index (κ3) is 3.20. The molecular formula is C14H25N3O3. The number of nitrogens with one attached hydrogen (secondary N) is 1. The van der Waals surface area contributed by atoms with Gasteiger partial charge >= 0.3 is 0 Å². The molecular weight excluding hydrogens is 258 g/mol. The third-order valence-electron chi connectivity index (χ3n) is 3.91. The van der Waals surface area contributed by atoms with Crippen LogP contribution in [0.15, 0.2) is 6.20 Å². The van der Waals surface area contributed by atoms with E-state index in [4.69, 9.17) is 14.6 Å². The Hall–Kier alpha value is -0.950. The molecule has 2 unspecified atom stereocenters. The van der Waals surface area contributed by atoms with E-state index in [0.717, 1.165) is 19.3 Å². The summed E-state index contributed by atoms with van der Waals surface area (Å²) < 4.78 is 12.5. The molecule has 114 valence electrons. The maximum Gasteiger partial charge on any atom is 0.171 e. The van der Waals surface area contributed by atoms with E-state index in [1.165, 1.54) is 11.3 Å². The summed E-state index contributed by atoms with van der Waals surface area (Å²) in [6.45, 7) is 2.75. The highest BCUT2D eigenvalue weighted by Crippen LogP contribution is 2.30. The standard InChI is InChI=1S/C14H25N3O3/c1-10(14(19-2)20-3)16-12-5-4-6-13-11(12)9-15-17(13)7-8-18/h9-10,12,14,16,18H,4-8H2,1-3H3. The van der Waals surface area contributed by atoms with E-state index in [1.807, 2.05) is 10.9 Å². The summed E-state index contributed by atoms with van der Waals surface area (Å²) in [5, 5.41) is 17.0. The van der Waals surface area contributed by atoms with Crippen molar-refractivity contribution in [3.8, 4) is 0 Å². The van der Waals surface area contributed by atoms with Gasteiger partial charge < -0.3 is 19.9 Å². The Morgan fingerprint density at radius 2 is 2.25 bits per heavy atom. The van der Waals surface area contributed by atoms with E-state index in [1.54, 1.807) is 14.2 Å². The predicted octanol–water partition coefficient (Wildman–Crippen LogP) is 0.850. The van der Waals surface area contributed by atoms with Crippen LogP contribution in [0.2, 0.25) is 0 Å². The topological polar surface area (TPSA) is 68.5 Å². The minimum atomic E-state index is -0.257. The lowest BCUT2D eigenvalue weighted by molar-refractivity contribution is -0.121. The Labute approximate surface area is 120 Å². The van der Waals surface area contributed by atoms with Crippen molar-refractivity contribution >= 4 is 0 Å². The minimum absolute atomic E-state index is 0.0992. The summed E-state index contributed by atoms with van der Waals surface area (Å²) in [6.07, 6.45) is 4.90. The number of hydrogen-bond donors (Lipinski definition) is 2. The van der Waals surface area contributed by atoms with Crippen molar-refractivity contribution in [3.63, 3.8) is 0 Å². The molecule has 0 amide bonds. The van der Waals surface area contributed by atoms with E-state index >= 15 is 0 Å². The number of rotatable bonds is 7. The van der Waals surface area contributed by atoms with E-state index in [9.17, 15) is 0 Å². The lowest BCUT2D eigenvalue weighted by Crippen LogP contribution is -2.42. The maximum atomic E-state index is 9.08.